The number of aryl methyl sites for hydroxylation is 2. The number of nitrogens with one attached hydrogen (secondary N) is 1. The molecule has 4 aromatic rings. The Labute approximate surface area is 191 Å². The number of carbonyl (C=O) groups is 1. The number of nitrogens with zero attached hydrogens (tertiary/aromatic N) is 4. The van der Waals surface area contributed by atoms with Crippen LogP contribution < -0.4 is 21.3 Å². The molecule has 0 saturated heterocycles. The number of amides is 1. The molecule has 164 valence electrons. The normalized spacial score (nSPS) is 11.0. The van der Waals surface area contributed by atoms with E-state index in [1.165, 1.54) is 23.2 Å². The highest BCUT2D eigenvalue weighted by Crippen LogP contribution is 2.29. The fourth-order valence-electron chi connectivity index (χ4n) is 3.33. The maximum atomic E-state index is 12.9. The number of benzene rings is 2. The van der Waals surface area contributed by atoms with E-state index < -0.39 is 11.2 Å². The van der Waals surface area contributed by atoms with Crippen LogP contribution >= 0.6 is 15.9 Å². The molecular weight excluding hydrogens is 478 g/mol. The second-order valence-electron chi connectivity index (χ2n) is 7.30. The van der Waals surface area contributed by atoms with Gasteiger partial charge in [-0.05, 0) is 47.1 Å². The van der Waals surface area contributed by atoms with E-state index in [0.29, 0.717) is 17.2 Å². The van der Waals surface area contributed by atoms with E-state index in [2.05, 4.69) is 26.2 Å². The van der Waals surface area contributed by atoms with Gasteiger partial charge in [-0.15, -0.1) is 0 Å². The minimum atomic E-state index is -0.528. The van der Waals surface area contributed by atoms with Gasteiger partial charge in [-0.2, -0.15) is 0 Å². The van der Waals surface area contributed by atoms with Crippen molar-refractivity contribution in [1.82, 2.24) is 18.7 Å². The molecule has 1 N–H and O–H groups in total. The number of imidazole rings is 1. The van der Waals surface area contributed by atoms with Gasteiger partial charge in [-0.3, -0.25) is 23.3 Å². The Morgan fingerprint density at radius 1 is 1.06 bits per heavy atom. The van der Waals surface area contributed by atoms with Crippen LogP contribution in [0.1, 0.15) is 5.56 Å². The third-order valence-corrected chi connectivity index (χ3v) is 5.61. The summed E-state index contributed by atoms with van der Waals surface area (Å²) in [5, 5.41) is 2.83. The molecular formula is C22H20BrN5O4. The zero-order chi connectivity index (χ0) is 23.0. The standard InChI is InChI=1S/C22H20BrN5O4/c1-13-8-10-14(11-9-13)32-16-7-5-4-6-15(16)24-17(29)12-28-19-18(25-21(28)23)20(30)27(3)22(31)26(19)2/h4-11H,12H2,1-3H3,(H,24,29). The van der Waals surface area contributed by atoms with Crippen LogP contribution in [0.4, 0.5) is 5.69 Å². The molecule has 0 unspecified atom stereocenters. The largest absolute Gasteiger partial charge is 0.455 e. The lowest BCUT2D eigenvalue weighted by molar-refractivity contribution is -0.116. The first-order valence-electron chi connectivity index (χ1n) is 9.71. The summed E-state index contributed by atoms with van der Waals surface area (Å²) in [6, 6.07) is 14.7. The molecule has 1 amide bonds. The van der Waals surface area contributed by atoms with Crippen LogP contribution in [0.5, 0.6) is 11.5 Å². The maximum Gasteiger partial charge on any atom is 0.332 e. The predicted molar refractivity (Wildman–Crippen MR) is 124 cm³/mol. The van der Waals surface area contributed by atoms with Crippen LogP contribution in [-0.2, 0) is 25.4 Å². The summed E-state index contributed by atoms with van der Waals surface area (Å²) >= 11 is 3.29. The zero-order valence-electron chi connectivity index (χ0n) is 17.6. The fourth-order valence-corrected chi connectivity index (χ4v) is 3.80. The number of anilines is 1. The molecule has 0 radical (unpaired) electrons. The molecule has 0 saturated carbocycles. The number of hydrogen-bond donors (Lipinski definition) is 1. The first-order chi connectivity index (χ1) is 15.3. The highest BCUT2D eigenvalue weighted by Gasteiger charge is 2.20. The second kappa shape index (κ2) is 8.46. The van der Waals surface area contributed by atoms with Gasteiger partial charge in [0.2, 0.25) is 5.91 Å². The molecule has 2 aromatic carbocycles. The highest BCUT2D eigenvalue weighted by atomic mass is 79.9. The van der Waals surface area contributed by atoms with E-state index in [4.69, 9.17) is 4.74 Å². The van der Waals surface area contributed by atoms with Gasteiger partial charge in [0.1, 0.15) is 12.3 Å². The smallest absolute Gasteiger partial charge is 0.332 e. The van der Waals surface area contributed by atoms with E-state index in [9.17, 15) is 14.4 Å². The molecule has 0 bridgehead atoms. The Hall–Kier alpha value is -3.66. The van der Waals surface area contributed by atoms with Gasteiger partial charge < -0.3 is 10.1 Å². The number of fused-ring (bicyclic) bond motifs is 1. The number of para-hydroxylation sites is 2. The summed E-state index contributed by atoms with van der Waals surface area (Å²) < 4.78 is 9.93. The van der Waals surface area contributed by atoms with Crippen molar-refractivity contribution in [2.45, 2.75) is 13.5 Å². The lowest BCUT2D eigenvalue weighted by Gasteiger charge is -2.13. The lowest BCUT2D eigenvalue weighted by atomic mass is 10.2. The molecule has 32 heavy (non-hydrogen) atoms. The number of rotatable bonds is 5. The van der Waals surface area contributed by atoms with Crippen molar-refractivity contribution >= 4 is 38.7 Å². The van der Waals surface area contributed by atoms with Crippen molar-refractivity contribution in [2.75, 3.05) is 5.32 Å². The quantitative estimate of drug-likeness (QED) is 0.427. The van der Waals surface area contributed by atoms with Crippen molar-refractivity contribution in [1.29, 1.82) is 0 Å². The first kappa shape index (κ1) is 21.6. The zero-order valence-corrected chi connectivity index (χ0v) is 19.2. The topological polar surface area (TPSA) is 100 Å². The molecule has 0 fully saturated rings. The lowest BCUT2D eigenvalue weighted by Crippen LogP contribution is -2.37. The van der Waals surface area contributed by atoms with Crippen LogP contribution in [-0.4, -0.2) is 24.6 Å². The molecule has 2 heterocycles. The summed E-state index contributed by atoms with van der Waals surface area (Å²) in [5.74, 6) is 0.755. The van der Waals surface area contributed by atoms with Gasteiger partial charge in [0, 0.05) is 14.1 Å². The monoisotopic (exact) mass is 497 g/mol. The summed E-state index contributed by atoms with van der Waals surface area (Å²) in [4.78, 5) is 41.8. The van der Waals surface area contributed by atoms with Crippen LogP contribution in [0.25, 0.3) is 11.2 Å². The van der Waals surface area contributed by atoms with E-state index in [1.807, 2.05) is 37.3 Å². The Kier molecular flexibility index (Phi) is 5.70. The molecule has 0 aliphatic carbocycles. The van der Waals surface area contributed by atoms with Crippen molar-refractivity contribution in [3.63, 3.8) is 0 Å². The first-order valence-corrected chi connectivity index (χ1v) is 10.5. The van der Waals surface area contributed by atoms with Crippen LogP contribution in [0.2, 0.25) is 0 Å². The van der Waals surface area contributed by atoms with Gasteiger partial charge in [0.15, 0.2) is 21.6 Å². The number of carbonyl (C=O) groups excluding carboxylic acids is 1. The summed E-state index contributed by atoms with van der Waals surface area (Å²) in [5.41, 5.74) is 0.916. The van der Waals surface area contributed by atoms with Gasteiger partial charge >= 0.3 is 5.69 Å². The predicted octanol–water partition coefficient (Wildman–Crippen LogP) is 2.94. The van der Waals surface area contributed by atoms with Crippen LogP contribution in [0.15, 0.2) is 62.9 Å². The number of ether oxygens (including phenoxy) is 1. The average molecular weight is 498 g/mol. The van der Waals surface area contributed by atoms with Gasteiger partial charge in [0.25, 0.3) is 5.56 Å². The average Bonchev–Trinajstić information content (AvgIpc) is 3.09. The van der Waals surface area contributed by atoms with Crippen LogP contribution in [0, 0.1) is 6.92 Å². The molecule has 10 heteroatoms. The molecule has 4 rings (SSSR count). The third kappa shape index (κ3) is 3.96. The summed E-state index contributed by atoms with van der Waals surface area (Å²) in [7, 11) is 2.91. The van der Waals surface area contributed by atoms with Gasteiger partial charge in [0.05, 0.1) is 5.69 Å². The minimum Gasteiger partial charge on any atom is -0.455 e. The van der Waals surface area contributed by atoms with Gasteiger partial charge in [-0.25, -0.2) is 9.78 Å². The molecule has 2 aromatic heterocycles. The van der Waals surface area contributed by atoms with E-state index in [-0.39, 0.29) is 28.3 Å². The van der Waals surface area contributed by atoms with Crippen molar-refractivity contribution < 1.29 is 9.53 Å². The Balaban J connectivity index is 1.62. The Bertz CT molecular complexity index is 1450. The number of aromatic nitrogens is 4. The highest BCUT2D eigenvalue weighted by molar-refractivity contribution is 9.10. The minimum absolute atomic E-state index is 0.0948. The number of hydrogen-bond acceptors (Lipinski definition) is 5. The maximum absolute atomic E-state index is 12.9. The Morgan fingerprint density at radius 3 is 2.47 bits per heavy atom. The van der Waals surface area contributed by atoms with Gasteiger partial charge in [-0.1, -0.05) is 29.8 Å². The van der Waals surface area contributed by atoms with Crippen molar-refractivity contribution in [2.24, 2.45) is 14.1 Å². The molecule has 0 aliphatic heterocycles. The number of halogens is 1. The summed E-state index contributed by atoms with van der Waals surface area (Å²) in [6.07, 6.45) is 0. The molecule has 0 atom stereocenters. The molecule has 0 aliphatic rings. The Morgan fingerprint density at radius 2 is 1.75 bits per heavy atom. The van der Waals surface area contributed by atoms with Crippen LogP contribution in [0.3, 0.4) is 0 Å². The van der Waals surface area contributed by atoms with E-state index >= 15 is 0 Å². The summed E-state index contributed by atoms with van der Waals surface area (Å²) in [6.45, 7) is 1.82. The van der Waals surface area contributed by atoms with Crippen molar-refractivity contribution in [3.05, 3.63) is 79.7 Å². The molecule has 9 nitrogen and oxygen atoms in total. The second-order valence-corrected chi connectivity index (χ2v) is 8.01. The van der Waals surface area contributed by atoms with E-state index in [0.717, 1.165) is 10.1 Å². The van der Waals surface area contributed by atoms with Crippen molar-refractivity contribution in [3.8, 4) is 11.5 Å². The fraction of sp³-hybridized carbons (Fsp3) is 0.182. The SMILES string of the molecule is Cc1ccc(Oc2ccccc2NC(=O)Cn2c(Br)nc3c(=O)n(C)c(=O)n(C)c32)cc1. The van der Waals surface area contributed by atoms with E-state index in [1.54, 1.807) is 18.2 Å². The third-order valence-electron chi connectivity index (χ3n) is 5.00. The molecule has 0 spiro atoms.